The summed E-state index contributed by atoms with van der Waals surface area (Å²) < 4.78 is 16.8. The lowest BCUT2D eigenvalue weighted by molar-refractivity contribution is -0.166. The molecule has 0 aliphatic heterocycles. The van der Waals surface area contributed by atoms with Crippen molar-refractivity contribution in [3.63, 3.8) is 0 Å². The molecule has 0 unspecified atom stereocenters. The maximum atomic E-state index is 12.9. The fourth-order valence-corrected chi connectivity index (χ4v) is 8.02. The Morgan fingerprint density at radius 1 is 0.292 bits per heavy atom. The van der Waals surface area contributed by atoms with E-state index in [0.717, 1.165) is 96.3 Å². The number of carbonyl (C=O) groups is 3. The summed E-state index contributed by atoms with van der Waals surface area (Å²) in [4.78, 5) is 38.2. The summed E-state index contributed by atoms with van der Waals surface area (Å²) in [6.07, 6.45) is 80.9. The average Bonchev–Trinajstić information content (AvgIpc) is 3.38. The second-order valence-electron chi connectivity index (χ2n) is 19.5. The van der Waals surface area contributed by atoms with Crippen molar-refractivity contribution in [2.75, 3.05) is 13.2 Å². The third kappa shape index (κ3) is 57.0. The Labute approximate surface area is 444 Å². The molecule has 0 bridgehead atoms. The van der Waals surface area contributed by atoms with Crippen molar-refractivity contribution in [1.82, 2.24) is 0 Å². The Morgan fingerprint density at radius 2 is 0.569 bits per heavy atom. The molecular formula is C66H110O6. The van der Waals surface area contributed by atoms with Gasteiger partial charge in [0.05, 0.1) is 0 Å². The number of rotatable bonds is 53. The van der Waals surface area contributed by atoms with Gasteiger partial charge in [0, 0.05) is 19.3 Å². The van der Waals surface area contributed by atoms with Crippen molar-refractivity contribution in [2.45, 2.75) is 277 Å². The first-order valence-corrected chi connectivity index (χ1v) is 29.9. The second-order valence-corrected chi connectivity index (χ2v) is 19.5. The van der Waals surface area contributed by atoms with E-state index >= 15 is 0 Å². The minimum Gasteiger partial charge on any atom is -0.462 e. The summed E-state index contributed by atoms with van der Waals surface area (Å²) in [5.74, 6) is -1.00. The van der Waals surface area contributed by atoms with E-state index < -0.39 is 6.10 Å². The zero-order chi connectivity index (χ0) is 52.2. The predicted molar refractivity (Wildman–Crippen MR) is 311 cm³/mol. The molecule has 0 N–H and O–H groups in total. The highest BCUT2D eigenvalue weighted by atomic mass is 16.6. The van der Waals surface area contributed by atoms with Gasteiger partial charge in [-0.3, -0.25) is 14.4 Å². The maximum absolute atomic E-state index is 12.9. The first-order chi connectivity index (χ1) is 35.5. The van der Waals surface area contributed by atoms with Crippen LogP contribution in [-0.4, -0.2) is 37.2 Å². The zero-order valence-electron chi connectivity index (χ0n) is 46.9. The van der Waals surface area contributed by atoms with Gasteiger partial charge in [0.1, 0.15) is 13.2 Å². The number of unbranched alkanes of at least 4 members (excludes halogenated alkanes) is 24. The molecule has 0 aromatic carbocycles. The smallest absolute Gasteiger partial charge is 0.306 e. The summed E-state index contributed by atoms with van der Waals surface area (Å²) >= 11 is 0. The van der Waals surface area contributed by atoms with Crippen molar-refractivity contribution < 1.29 is 28.6 Å². The van der Waals surface area contributed by atoms with E-state index in [9.17, 15) is 14.4 Å². The van der Waals surface area contributed by atoms with Crippen molar-refractivity contribution in [3.8, 4) is 0 Å². The second kappa shape index (κ2) is 59.6. The first kappa shape index (κ1) is 68.1. The zero-order valence-corrected chi connectivity index (χ0v) is 46.9. The van der Waals surface area contributed by atoms with Crippen LogP contribution in [0.3, 0.4) is 0 Å². The standard InChI is InChI=1S/C66H110O6/c1-4-7-10-13-16-19-22-25-28-31-33-35-38-41-44-47-50-53-56-59-65(68)71-62-63(61-70-64(67)58-55-52-49-46-43-40-37-30-27-24-21-18-15-12-9-6-3)72-66(69)60-57-54-51-48-45-42-39-36-34-32-29-26-23-20-17-14-11-8-5-2/h7,10,16-17,19-20,25-26,28-30,33,35,37,41,44,50,53,63H,4-6,8-9,11-15,18,21-24,27,31-32,34,36,38-40,42-43,45-49,51-52,54-62H2,1-3H3/b10-7-,19-16-,20-17-,28-25-,29-26-,35-33-,37-30-,44-41-,53-50-/t63-/m1/s1. The van der Waals surface area contributed by atoms with Crippen LogP contribution in [-0.2, 0) is 28.6 Å². The third-order valence-corrected chi connectivity index (χ3v) is 12.5. The van der Waals surface area contributed by atoms with E-state index in [4.69, 9.17) is 14.2 Å². The van der Waals surface area contributed by atoms with Crippen LogP contribution in [0.5, 0.6) is 0 Å². The largest absolute Gasteiger partial charge is 0.462 e. The highest BCUT2D eigenvalue weighted by Crippen LogP contribution is 2.15. The van der Waals surface area contributed by atoms with E-state index in [0.29, 0.717) is 19.3 Å². The van der Waals surface area contributed by atoms with Gasteiger partial charge in [0.25, 0.3) is 0 Å². The van der Waals surface area contributed by atoms with Gasteiger partial charge >= 0.3 is 17.9 Å². The third-order valence-electron chi connectivity index (χ3n) is 12.5. The number of allylic oxidation sites excluding steroid dienone is 18. The van der Waals surface area contributed by atoms with Gasteiger partial charge in [0.15, 0.2) is 6.10 Å². The van der Waals surface area contributed by atoms with Crippen molar-refractivity contribution >= 4 is 17.9 Å². The Kier molecular flexibility index (Phi) is 56.4. The van der Waals surface area contributed by atoms with Crippen LogP contribution in [0.15, 0.2) is 109 Å². The molecule has 0 amide bonds. The van der Waals surface area contributed by atoms with Crippen LogP contribution in [0, 0.1) is 0 Å². The molecular weight excluding hydrogens is 889 g/mol. The minimum atomic E-state index is -0.817. The van der Waals surface area contributed by atoms with Gasteiger partial charge in [-0.1, -0.05) is 246 Å². The summed E-state index contributed by atoms with van der Waals surface area (Å²) in [7, 11) is 0. The molecule has 0 saturated heterocycles. The molecule has 0 rings (SSSR count). The Bertz CT molecular complexity index is 1470. The van der Waals surface area contributed by atoms with Gasteiger partial charge in [-0.25, -0.2) is 0 Å². The molecule has 6 heteroatoms. The molecule has 0 aliphatic carbocycles. The van der Waals surface area contributed by atoms with Crippen LogP contribution in [0.4, 0.5) is 0 Å². The van der Waals surface area contributed by atoms with Gasteiger partial charge in [-0.05, 0) is 116 Å². The van der Waals surface area contributed by atoms with E-state index in [1.807, 2.05) is 6.08 Å². The molecule has 0 heterocycles. The Morgan fingerprint density at radius 3 is 0.972 bits per heavy atom. The molecule has 6 nitrogen and oxygen atoms in total. The van der Waals surface area contributed by atoms with Crippen molar-refractivity contribution in [3.05, 3.63) is 109 Å². The lowest BCUT2D eigenvalue weighted by atomic mass is 10.1. The van der Waals surface area contributed by atoms with E-state index in [1.54, 1.807) is 0 Å². The molecule has 410 valence electrons. The Hall–Kier alpha value is -3.93. The quantitative estimate of drug-likeness (QED) is 0.0261. The molecule has 0 aromatic heterocycles. The minimum absolute atomic E-state index is 0.108. The molecule has 72 heavy (non-hydrogen) atoms. The van der Waals surface area contributed by atoms with Crippen LogP contribution in [0.2, 0.25) is 0 Å². The molecule has 1 atom stereocenters. The number of ether oxygens (including phenoxy) is 3. The topological polar surface area (TPSA) is 78.9 Å². The number of hydrogen-bond acceptors (Lipinski definition) is 6. The number of carbonyl (C=O) groups excluding carboxylic acids is 3. The molecule has 0 spiro atoms. The molecule has 0 aliphatic rings. The maximum Gasteiger partial charge on any atom is 0.306 e. The van der Waals surface area contributed by atoms with Crippen LogP contribution >= 0.6 is 0 Å². The SMILES string of the molecule is CC/C=C\C/C=C\C/C=C\C/C=C\C/C=C\C/C=C\CCC(=O)OC[C@@H](COC(=O)CCCCCCC/C=C\CCCCCCCCC)OC(=O)CCCCCCCCCCC/C=C\C/C=C\CCCCC. The normalized spacial score (nSPS) is 12.9. The van der Waals surface area contributed by atoms with Crippen molar-refractivity contribution in [1.29, 1.82) is 0 Å². The average molecular weight is 1000 g/mol. The lowest BCUT2D eigenvalue weighted by Crippen LogP contribution is -2.30. The number of hydrogen-bond donors (Lipinski definition) is 0. The highest BCUT2D eigenvalue weighted by molar-refractivity contribution is 5.71. The van der Waals surface area contributed by atoms with Gasteiger partial charge in [-0.2, -0.15) is 0 Å². The monoisotopic (exact) mass is 999 g/mol. The summed E-state index contributed by atoms with van der Waals surface area (Å²) in [6.45, 7) is 6.43. The fourth-order valence-electron chi connectivity index (χ4n) is 8.02. The molecule has 0 radical (unpaired) electrons. The molecule has 0 aromatic rings. The summed E-state index contributed by atoms with van der Waals surface area (Å²) in [6, 6.07) is 0. The number of esters is 3. The van der Waals surface area contributed by atoms with E-state index in [1.165, 1.54) is 128 Å². The van der Waals surface area contributed by atoms with Gasteiger partial charge in [0.2, 0.25) is 0 Å². The van der Waals surface area contributed by atoms with Crippen molar-refractivity contribution in [2.24, 2.45) is 0 Å². The summed E-state index contributed by atoms with van der Waals surface area (Å²) in [5.41, 5.74) is 0. The van der Waals surface area contributed by atoms with Gasteiger partial charge < -0.3 is 14.2 Å². The highest BCUT2D eigenvalue weighted by Gasteiger charge is 2.19. The lowest BCUT2D eigenvalue weighted by Gasteiger charge is -2.18. The molecule has 0 fully saturated rings. The predicted octanol–water partition coefficient (Wildman–Crippen LogP) is 20.3. The Balaban J connectivity index is 4.52. The first-order valence-electron chi connectivity index (χ1n) is 29.9. The van der Waals surface area contributed by atoms with Crippen LogP contribution in [0.25, 0.3) is 0 Å². The van der Waals surface area contributed by atoms with Crippen LogP contribution < -0.4 is 0 Å². The van der Waals surface area contributed by atoms with E-state index in [2.05, 4.69) is 124 Å². The van der Waals surface area contributed by atoms with Gasteiger partial charge in [-0.15, -0.1) is 0 Å². The molecule has 0 saturated carbocycles. The fraction of sp³-hybridized carbons (Fsp3) is 0.682. The summed E-state index contributed by atoms with van der Waals surface area (Å²) in [5, 5.41) is 0. The van der Waals surface area contributed by atoms with E-state index in [-0.39, 0.29) is 37.5 Å². The van der Waals surface area contributed by atoms with Crippen LogP contribution in [0.1, 0.15) is 271 Å².